The first-order chi connectivity index (χ1) is 10.0. The van der Waals surface area contributed by atoms with Gasteiger partial charge in [-0.05, 0) is 34.5 Å². The fraction of sp³-hybridized carbons (Fsp3) is 0.133. The Labute approximate surface area is 127 Å². The summed E-state index contributed by atoms with van der Waals surface area (Å²) in [6, 6.07) is 7.08. The SMILES string of the molecule is FC(F)(F)c1ccc(-c2nc(Cc3ccsc3)[c]s2)cc1. The van der Waals surface area contributed by atoms with Gasteiger partial charge in [-0.2, -0.15) is 24.5 Å². The fourth-order valence-corrected chi connectivity index (χ4v) is 3.27. The van der Waals surface area contributed by atoms with Crippen LogP contribution >= 0.6 is 22.7 Å². The highest BCUT2D eigenvalue weighted by Crippen LogP contribution is 2.31. The fourth-order valence-electron chi connectivity index (χ4n) is 1.86. The van der Waals surface area contributed by atoms with Crippen molar-refractivity contribution in [1.82, 2.24) is 4.98 Å². The van der Waals surface area contributed by atoms with Crippen molar-refractivity contribution in [3.63, 3.8) is 0 Å². The molecular weight excluding hydrogens is 315 g/mol. The minimum Gasteiger partial charge on any atom is -0.240 e. The number of rotatable bonds is 3. The molecular formula is C15H9F3NS2. The van der Waals surface area contributed by atoms with Gasteiger partial charge in [0, 0.05) is 12.0 Å². The van der Waals surface area contributed by atoms with Crippen LogP contribution in [0.15, 0.2) is 41.1 Å². The molecule has 0 aliphatic carbocycles. The van der Waals surface area contributed by atoms with Crippen LogP contribution in [0.25, 0.3) is 10.6 Å². The number of hydrogen-bond donors (Lipinski definition) is 0. The Kier molecular flexibility index (Phi) is 3.82. The van der Waals surface area contributed by atoms with E-state index in [2.05, 4.69) is 10.4 Å². The summed E-state index contributed by atoms with van der Waals surface area (Å²) in [7, 11) is 0. The van der Waals surface area contributed by atoms with Gasteiger partial charge in [0.1, 0.15) is 5.01 Å². The zero-order valence-corrected chi connectivity index (χ0v) is 12.3. The number of thiazole rings is 1. The zero-order chi connectivity index (χ0) is 14.9. The second-order valence-electron chi connectivity index (χ2n) is 4.45. The van der Waals surface area contributed by atoms with E-state index in [9.17, 15) is 13.2 Å². The third kappa shape index (κ3) is 3.33. The number of nitrogens with zero attached hydrogens (tertiary/aromatic N) is 1. The molecule has 0 amide bonds. The first-order valence-electron chi connectivity index (χ1n) is 6.08. The van der Waals surface area contributed by atoms with Gasteiger partial charge < -0.3 is 0 Å². The van der Waals surface area contributed by atoms with Crippen molar-refractivity contribution in [2.24, 2.45) is 0 Å². The molecule has 21 heavy (non-hydrogen) atoms. The standard InChI is InChI=1S/C15H9F3NS2/c16-15(17,18)12-3-1-11(2-4-12)14-19-13(9-21-14)7-10-5-6-20-8-10/h1-6,8H,7H2. The van der Waals surface area contributed by atoms with E-state index in [-0.39, 0.29) is 0 Å². The molecule has 0 bridgehead atoms. The average Bonchev–Trinajstić information content (AvgIpc) is 3.10. The van der Waals surface area contributed by atoms with E-state index in [0.29, 0.717) is 17.0 Å². The van der Waals surface area contributed by atoms with Crippen molar-refractivity contribution in [3.8, 4) is 10.6 Å². The molecule has 3 rings (SSSR count). The van der Waals surface area contributed by atoms with Crippen LogP contribution in [0.2, 0.25) is 0 Å². The topological polar surface area (TPSA) is 12.9 Å². The Hall–Kier alpha value is -1.66. The van der Waals surface area contributed by atoms with Gasteiger partial charge in [-0.3, -0.25) is 0 Å². The van der Waals surface area contributed by atoms with Gasteiger partial charge in [0.2, 0.25) is 0 Å². The summed E-state index contributed by atoms with van der Waals surface area (Å²) in [5.41, 5.74) is 2.01. The molecule has 0 N–H and O–H groups in total. The molecule has 0 spiro atoms. The summed E-state index contributed by atoms with van der Waals surface area (Å²) in [6.45, 7) is 0. The van der Waals surface area contributed by atoms with E-state index in [1.165, 1.54) is 29.0 Å². The lowest BCUT2D eigenvalue weighted by Crippen LogP contribution is -2.03. The predicted molar refractivity (Wildman–Crippen MR) is 78.5 cm³/mol. The third-order valence-corrected chi connectivity index (χ3v) is 4.50. The number of hydrogen-bond acceptors (Lipinski definition) is 3. The van der Waals surface area contributed by atoms with Crippen molar-refractivity contribution in [3.05, 3.63) is 63.3 Å². The second kappa shape index (κ2) is 5.61. The lowest BCUT2D eigenvalue weighted by atomic mass is 10.1. The van der Waals surface area contributed by atoms with E-state index in [1.807, 2.05) is 16.8 Å². The highest BCUT2D eigenvalue weighted by Gasteiger charge is 2.30. The van der Waals surface area contributed by atoms with E-state index >= 15 is 0 Å². The smallest absolute Gasteiger partial charge is 0.240 e. The first kappa shape index (κ1) is 14.3. The lowest BCUT2D eigenvalue weighted by Gasteiger charge is -2.06. The summed E-state index contributed by atoms with van der Waals surface area (Å²) in [5, 5.41) is 7.83. The molecule has 3 aromatic rings. The summed E-state index contributed by atoms with van der Waals surface area (Å²) in [4.78, 5) is 4.43. The van der Waals surface area contributed by atoms with Crippen LogP contribution in [-0.2, 0) is 12.6 Å². The number of alkyl halides is 3. The Morgan fingerprint density at radius 3 is 2.48 bits per heavy atom. The highest BCUT2D eigenvalue weighted by molar-refractivity contribution is 7.12. The van der Waals surface area contributed by atoms with Crippen LogP contribution in [0.5, 0.6) is 0 Å². The van der Waals surface area contributed by atoms with Gasteiger partial charge in [0.15, 0.2) is 0 Å². The highest BCUT2D eigenvalue weighted by atomic mass is 32.1. The number of aromatic nitrogens is 1. The maximum atomic E-state index is 12.5. The Morgan fingerprint density at radius 1 is 1.10 bits per heavy atom. The molecule has 1 aromatic carbocycles. The van der Waals surface area contributed by atoms with Crippen LogP contribution in [-0.4, -0.2) is 4.98 Å². The summed E-state index contributed by atoms with van der Waals surface area (Å²) >= 11 is 2.94. The Balaban J connectivity index is 1.80. The molecule has 0 saturated heterocycles. The molecule has 2 heterocycles. The van der Waals surface area contributed by atoms with E-state index in [1.54, 1.807) is 11.3 Å². The second-order valence-corrected chi connectivity index (χ2v) is 6.03. The molecule has 2 aromatic heterocycles. The molecule has 107 valence electrons. The van der Waals surface area contributed by atoms with E-state index in [4.69, 9.17) is 0 Å². The first-order valence-corrected chi connectivity index (χ1v) is 7.84. The molecule has 0 unspecified atom stereocenters. The van der Waals surface area contributed by atoms with E-state index in [0.717, 1.165) is 17.8 Å². The van der Waals surface area contributed by atoms with Gasteiger partial charge >= 0.3 is 6.18 Å². The maximum Gasteiger partial charge on any atom is 0.416 e. The number of halogens is 3. The molecule has 1 radical (unpaired) electrons. The quantitative estimate of drug-likeness (QED) is 0.638. The minimum absolute atomic E-state index is 0.648. The molecule has 1 nitrogen and oxygen atoms in total. The molecule has 0 aliphatic rings. The van der Waals surface area contributed by atoms with E-state index < -0.39 is 11.7 Å². The molecule has 0 atom stereocenters. The van der Waals surface area contributed by atoms with Gasteiger partial charge in [0.25, 0.3) is 0 Å². The van der Waals surface area contributed by atoms with Crippen molar-refractivity contribution in [2.45, 2.75) is 12.6 Å². The number of thiophene rings is 1. The molecule has 0 aliphatic heterocycles. The van der Waals surface area contributed by atoms with Crippen molar-refractivity contribution >= 4 is 22.7 Å². The van der Waals surface area contributed by atoms with Gasteiger partial charge in [-0.15, -0.1) is 11.3 Å². The van der Waals surface area contributed by atoms with Crippen molar-refractivity contribution < 1.29 is 13.2 Å². The Bertz CT molecular complexity index is 712. The van der Waals surface area contributed by atoms with Crippen molar-refractivity contribution in [1.29, 1.82) is 0 Å². The summed E-state index contributed by atoms with van der Waals surface area (Å²) in [6.07, 6.45) is -3.61. The van der Waals surface area contributed by atoms with Crippen LogP contribution < -0.4 is 0 Å². The number of benzene rings is 1. The van der Waals surface area contributed by atoms with Gasteiger partial charge in [0.05, 0.1) is 16.6 Å². The normalized spacial score (nSPS) is 11.8. The maximum absolute atomic E-state index is 12.5. The summed E-state index contributed by atoms with van der Waals surface area (Å²) < 4.78 is 37.6. The van der Waals surface area contributed by atoms with Crippen LogP contribution in [0.4, 0.5) is 13.2 Å². The van der Waals surface area contributed by atoms with Gasteiger partial charge in [-0.1, -0.05) is 12.1 Å². The zero-order valence-electron chi connectivity index (χ0n) is 10.6. The third-order valence-electron chi connectivity index (χ3n) is 2.91. The van der Waals surface area contributed by atoms with Gasteiger partial charge in [-0.25, -0.2) is 4.98 Å². The Morgan fingerprint density at radius 2 is 1.86 bits per heavy atom. The van der Waals surface area contributed by atoms with Crippen LogP contribution in [0.1, 0.15) is 16.8 Å². The predicted octanol–water partition coefficient (Wildman–Crippen LogP) is 5.28. The largest absolute Gasteiger partial charge is 0.416 e. The van der Waals surface area contributed by atoms with Crippen LogP contribution in [0, 0.1) is 5.38 Å². The molecule has 0 saturated carbocycles. The monoisotopic (exact) mass is 324 g/mol. The average molecular weight is 324 g/mol. The summed E-state index contributed by atoms with van der Waals surface area (Å²) in [5.74, 6) is 0. The van der Waals surface area contributed by atoms with Crippen molar-refractivity contribution in [2.75, 3.05) is 0 Å². The molecule has 6 heteroatoms. The van der Waals surface area contributed by atoms with Crippen LogP contribution in [0.3, 0.4) is 0 Å². The lowest BCUT2D eigenvalue weighted by molar-refractivity contribution is -0.137. The molecule has 0 fully saturated rings. The minimum atomic E-state index is -4.31.